The number of ether oxygens (including phenoxy) is 10. The van der Waals surface area contributed by atoms with Gasteiger partial charge in [-0.15, -0.1) is 0 Å². The van der Waals surface area contributed by atoms with Gasteiger partial charge in [0.15, 0.2) is 0 Å². The van der Waals surface area contributed by atoms with E-state index in [4.69, 9.17) is 111 Å². The fourth-order valence-corrected chi connectivity index (χ4v) is 10.3. The van der Waals surface area contributed by atoms with Gasteiger partial charge >= 0.3 is 0 Å². The summed E-state index contributed by atoms with van der Waals surface area (Å²) in [6.45, 7) is 17.6. The normalized spacial score (nSPS) is 9.86. The largest absolute Gasteiger partial charge is 0.494 e. The predicted octanol–water partition coefficient (Wildman–Crippen LogP) is 27.7. The van der Waals surface area contributed by atoms with Gasteiger partial charge in [0.05, 0.1) is 33.0 Å². The Hall–Kier alpha value is -9.05. The van der Waals surface area contributed by atoms with Crippen LogP contribution in [0.4, 0.5) is 23.5 Å². The van der Waals surface area contributed by atoms with E-state index in [2.05, 4.69) is 34.6 Å². The highest BCUT2D eigenvalue weighted by atomic mass is 32.1. The van der Waals surface area contributed by atoms with Crippen LogP contribution in [0.3, 0.4) is 0 Å². The SMILES string of the molecule is CCCCCOc1ccc(COc2ccc([S])cc2)cc1.CCCCCOc1ccc(COc2ccc([S])cc2)cc1.CCCCCOc1ccc(COc2ccc([S])cc2)cc1.CCCCCOc1ccc(COc2ccc([S])cc2)cc1.CCCCCOc1ccc(COc2ccc([S])cc2)cc1.F.F.F.F.F. The van der Waals surface area contributed by atoms with Crippen LogP contribution < -0.4 is 47.4 Å². The zero-order valence-electron chi connectivity index (χ0n) is 63.9. The molecule has 0 aliphatic heterocycles. The Kier molecular flexibility index (Phi) is 55.5. The lowest BCUT2D eigenvalue weighted by Crippen LogP contribution is -1.98. The Morgan fingerprint density at radius 1 is 0.164 bits per heavy atom. The molecule has 0 spiro atoms. The Balaban J connectivity index is 0.000000680. The van der Waals surface area contributed by atoms with Crippen LogP contribution in [0.1, 0.15) is 159 Å². The van der Waals surface area contributed by atoms with Crippen molar-refractivity contribution in [3.8, 4) is 57.5 Å². The number of hydrogen-bond acceptors (Lipinski definition) is 10. The van der Waals surface area contributed by atoms with Gasteiger partial charge in [0.25, 0.3) is 0 Å². The zero-order valence-corrected chi connectivity index (χ0v) is 68.0. The topological polar surface area (TPSA) is 92.3 Å². The first-order chi connectivity index (χ1) is 51.4. The lowest BCUT2D eigenvalue weighted by atomic mass is 10.2. The molecular formula is C90H110F5O10S5. The fourth-order valence-electron chi connectivity index (χ4n) is 9.63. The Morgan fingerprint density at radius 2 is 0.282 bits per heavy atom. The lowest BCUT2D eigenvalue weighted by Gasteiger charge is -2.08. The summed E-state index contributed by atoms with van der Waals surface area (Å²) >= 11 is 25.2. The number of halogens is 5. The van der Waals surface area contributed by atoms with E-state index in [1.54, 1.807) is 0 Å². The van der Waals surface area contributed by atoms with E-state index in [0.29, 0.717) is 33.0 Å². The standard InChI is InChI=1S/5C18H21O2S.5FH/c5*1-2-3-4-13-19-16-7-5-15(6-8-16)14-20-17-9-11-18(21)12-10-17;;;;;/h5*5-12H,2-4,13-14H2,1H3;5*1H. The smallest absolute Gasteiger partial charge is 0.119 e. The second-order valence-electron chi connectivity index (χ2n) is 24.8. The van der Waals surface area contributed by atoms with E-state index < -0.39 is 0 Å². The molecule has 0 aliphatic rings. The average Bonchev–Trinajstić information content (AvgIpc) is 0.911. The van der Waals surface area contributed by atoms with Gasteiger partial charge in [-0.05, 0) is 242 Å². The van der Waals surface area contributed by atoms with Crippen LogP contribution in [-0.2, 0) is 33.0 Å². The molecule has 0 aliphatic carbocycles. The van der Waals surface area contributed by atoms with Crippen LogP contribution in [0.5, 0.6) is 57.5 Å². The van der Waals surface area contributed by atoms with Crippen molar-refractivity contribution >= 4 is 63.1 Å². The molecule has 10 aromatic carbocycles. The van der Waals surface area contributed by atoms with Gasteiger partial charge in [0.2, 0.25) is 0 Å². The van der Waals surface area contributed by atoms with Gasteiger partial charge < -0.3 is 47.4 Å². The molecule has 0 N–H and O–H groups in total. The van der Waals surface area contributed by atoms with E-state index in [0.717, 1.165) is 175 Å². The van der Waals surface area contributed by atoms with Gasteiger partial charge in [-0.3, -0.25) is 23.5 Å². The summed E-state index contributed by atoms with van der Waals surface area (Å²) in [7, 11) is 0. The van der Waals surface area contributed by atoms with Crippen molar-refractivity contribution in [2.45, 2.75) is 188 Å². The van der Waals surface area contributed by atoms with E-state index in [1.807, 2.05) is 243 Å². The highest BCUT2D eigenvalue weighted by Crippen LogP contribution is 2.25. The number of rotatable bonds is 40. The van der Waals surface area contributed by atoms with Crippen molar-refractivity contribution in [3.63, 3.8) is 0 Å². The summed E-state index contributed by atoms with van der Waals surface area (Å²) in [5, 5.41) is 0. The first kappa shape index (κ1) is 99.0. The maximum absolute atomic E-state index is 5.71. The monoisotopic (exact) mass is 1610 g/mol. The van der Waals surface area contributed by atoms with E-state index in [9.17, 15) is 0 Å². The van der Waals surface area contributed by atoms with Crippen molar-refractivity contribution in [2.75, 3.05) is 33.0 Å². The minimum absolute atomic E-state index is 0. The highest BCUT2D eigenvalue weighted by Gasteiger charge is 2.06. The first-order valence-electron chi connectivity index (χ1n) is 37.0. The zero-order chi connectivity index (χ0) is 74.6. The number of unbranched alkanes of at least 4 members (excludes halogenated alkanes) is 10. The molecular weight excluding hydrogens is 1500 g/mol. The van der Waals surface area contributed by atoms with Gasteiger partial charge in [0.1, 0.15) is 90.5 Å². The summed E-state index contributed by atoms with van der Waals surface area (Å²) in [5.41, 5.74) is 5.62. The van der Waals surface area contributed by atoms with Crippen LogP contribution in [0.15, 0.2) is 267 Å². The molecule has 0 aromatic heterocycles. The van der Waals surface area contributed by atoms with Crippen LogP contribution in [0, 0.1) is 0 Å². The maximum Gasteiger partial charge on any atom is 0.119 e. The molecule has 20 heteroatoms. The van der Waals surface area contributed by atoms with Crippen molar-refractivity contribution in [3.05, 3.63) is 270 Å². The minimum Gasteiger partial charge on any atom is -0.494 e. The Morgan fingerprint density at radius 3 is 0.409 bits per heavy atom. The van der Waals surface area contributed by atoms with Crippen molar-refractivity contribution in [2.24, 2.45) is 0 Å². The number of benzene rings is 10. The molecule has 0 saturated carbocycles. The summed E-state index contributed by atoms with van der Waals surface area (Å²) in [6, 6.07) is 78.0. The second-order valence-corrected chi connectivity index (χ2v) is 27.2. The van der Waals surface area contributed by atoms with Crippen molar-refractivity contribution < 1.29 is 70.9 Å². The molecule has 0 fully saturated rings. The fraction of sp³-hybridized carbons (Fsp3) is 0.333. The molecule has 10 nitrogen and oxygen atoms in total. The van der Waals surface area contributed by atoms with E-state index >= 15 is 0 Å². The van der Waals surface area contributed by atoms with Crippen molar-refractivity contribution in [1.29, 1.82) is 0 Å². The average molecular weight is 1610 g/mol. The van der Waals surface area contributed by atoms with E-state index in [1.165, 1.54) is 64.2 Å². The van der Waals surface area contributed by atoms with Crippen molar-refractivity contribution in [1.82, 2.24) is 0 Å². The highest BCUT2D eigenvalue weighted by molar-refractivity contribution is 7.81. The Bertz CT molecular complexity index is 3220. The van der Waals surface area contributed by atoms with Gasteiger partial charge in [-0.1, -0.05) is 223 Å². The lowest BCUT2D eigenvalue weighted by molar-refractivity contribution is 0.300. The summed E-state index contributed by atoms with van der Waals surface area (Å²) in [5.74, 6) is 8.79. The third-order valence-corrected chi connectivity index (χ3v) is 17.2. The predicted molar refractivity (Wildman–Crippen MR) is 453 cm³/mol. The number of hydrogen-bond donors (Lipinski definition) is 0. The molecule has 5 radical (unpaired) electrons. The second kappa shape index (κ2) is 61.7. The molecule has 0 bridgehead atoms. The van der Waals surface area contributed by atoms with Crippen LogP contribution in [-0.4, -0.2) is 33.0 Å². The molecule has 0 heterocycles. The van der Waals surface area contributed by atoms with Crippen LogP contribution in [0.25, 0.3) is 0 Å². The molecule has 595 valence electrons. The minimum atomic E-state index is 0. The quantitative estimate of drug-likeness (QED) is 0.0273. The van der Waals surface area contributed by atoms with Gasteiger partial charge in [0, 0.05) is 24.5 Å². The molecule has 10 rings (SSSR count). The molecule has 0 saturated heterocycles. The summed E-state index contributed by atoms with van der Waals surface area (Å²) in [4.78, 5) is 4.13. The van der Waals surface area contributed by atoms with Gasteiger partial charge in [-0.2, -0.15) is 0 Å². The summed E-state index contributed by atoms with van der Waals surface area (Å²) < 4.78 is 57.0. The molecule has 0 amide bonds. The van der Waals surface area contributed by atoms with Gasteiger partial charge in [-0.25, -0.2) is 0 Å². The molecule has 10 aromatic rings. The third-order valence-electron chi connectivity index (χ3n) is 15.8. The molecule has 0 atom stereocenters. The molecule has 0 unspecified atom stereocenters. The van der Waals surface area contributed by atoms with Crippen LogP contribution >= 0.6 is 63.1 Å². The summed E-state index contributed by atoms with van der Waals surface area (Å²) in [6.07, 6.45) is 17.7. The third kappa shape index (κ3) is 44.6. The molecule has 110 heavy (non-hydrogen) atoms. The van der Waals surface area contributed by atoms with Crippen LogP contribution in [0.2, 0.25) is 0 Å². The maximum atomic E-state index is 5.71. The van der Waals surface area contributed by atoms with E-state index in [-0.39, 0.29) is 23.5 Å². The first-order valence-corrected chi connectivity index (χ1v) is 39.0. The Labute approximate surface area is 678 Å².